The van der Waals surface area contributed by atoms with E-state index in [1.165, 1.54) is 4.90 Å². The van der Waals surface area contributed by atoms with Crippen molar-refractivity contribution in [2.75, 3.05) is 20.7 Å². The van der Waals surface area contributed by atoms with E-state index >= 15 is 0 Å². The SMILES string of the molecule is CN(C)C(=O)c1cccc(-c2ccccc2[C@@H]2[C@H](C#N)N(C(=O)C3CCCC3)[C@H]2CO)c1. The number of amides is 2. The lowest BCUT2D eigenvalue weighted by Crippen LogP contribution is -2.66. The first-order chi connectivity index (χ1) is 15.5. The molecule has 0 aromatic heterocycles. The summed E-state index contributed by atoms with van der Waals surface area (Å²) in [6, 6.07) is 16.5. The van der Waals surface area contributed by atoms with Gasteiger partial charge < -0.3 is 14.9 Å². The quantitative estimate of drug-likeness (QED) is 0.786. The minimum absolute atomic E-state index is 0.000378. The Hall–Kier alpha value is -3.17. The number of rotatable bonds is 5. The van der Waals surface area contributed by atoms with Crippen molar-refractivity contribution in [2.24, 2.45) is 5.92 Å². The molecule has 166 valence electrons. The van der Waals surface area contributed by atoms with Crippen molar-refractivity contribution in [1.29, 1.82) is 5.26 Å². The van der Waals surface area contributed by atoms with Gasteiger partial charge in [-0.15, -0.1) is 0 Å². The van der Waals surface area contributed by atoms with Crippen LogP contribution < -0.4 is 0 Å². The first-order valence-corrected chi connectivity index (χ1v) is 11.2. The van der Waals surface area contributed by atoms with Crippen LogP contribution in [0.5, 0.6) is 0 Å². The molecule has 1 N–H and O–H groups in total. The van der Waals surface area contributed by atoms with Crippen molar-refractivity contribution >= 4 is 11.8 Å². The van der Waals surface area contributed by atoms with Crippen molar-refractivity contribution in [1.82, 2.24) is 9.80 Å². The molecule has 0 spiro atoms. The van der Waals surface area contributed by atoms with Crippen LogP contribution in [0.3, 0.4) is 0 Å². The standard InChI is InChI=1S/C26H29N3O3/c1-28(2)25(31)19-11-7-10-18(14-19)20-12-5-6-13-21(20)24-22(15-27)29(23(24)16-30)26(32)17-8-3-4-9-17/h5-7,10-14,17,22-24,30H,3-4,8-9,16H2,1-2H3/t22-,23-,24+/m0/s1. The van der Waals surface area contributed by atoms with Crippen LogP contribution in [0, 0.1) is 17.2 Å². The van der Waals surface area contributed by atoms with Crippen LogP contribution in [-0.4, -0.2) is 59.5 Å². The molecule has 1 saturated heterocycles. The first-order valence-electron chi connectivity index (χ1n) is 11.2. The van der Waals surface area contributed by atoms with Crippen LogP contribution in [0.25, 0.3) is 11.1 Å². The summed E-state index contributed by atoms with van der Waals surface area (Å²) < 4.78 is 0. The third-order valence-electron chi connectivity index (χ3n) is 6.84. The van der Waals surface area contributed by atoms with E-state index in [4.69, 9.17) is 0 Å². The van der Waals surface area contributed by atoms with Crippen molar-refractivity contribution in [3.8, 4) is 17.2 Å². The van der Waals surface area contributed by atoms with Crippen molar-refractivity contribution in [2.45, 2.75) is 43.7 Å². The van der Waals surface area contributed by atoms with Crippen molar-refractivity contribution in [3.05, 3.63) is 59.7 Å². The van der Waals surface area contributed by atoms with E-state index in [2.05, 4.69) is 6.07 Å². The van der Waals surface area contributed by atoms with Crippen LogP contribution in [0.1, 0.15) is 47.5 Å². The lowest BCUT2D eigenvalue weighted by Gasteiger charge is -2.52. The average molecular weight is 432 g/mol. The summed E-state index contributed by atoms with van der Waals surface area (Å²) in [6.07, 6.45) is 3.80. The van der Waals surface area contributed by atoms with Gasteiger partial charge in [-0.25, -0.2) is 0 Å². The Morgan fingerprint density at radius 2 is 1.84 bits per heavy atom. The zero-order valence-corrected chi connectivity index (χ0v) is 18.6. The van der Waals surface area contributed by atoms with Crippen LogP contribution >= 0.6 is 0 Å². The average Bonchev–Trinajstić information content (AvgIpc) is 3.34. The second-order valence-electron chi connectivity index (χ2n) is 8.94. The molecule has 1 heterocycles. The van der Waals surface area contributed by atoms with Gasteiger partial charge in [-0.2, -0.15) is 5.26 Å². The maximum atomic E-state index is 13.1. The summed E-state index contributed by atoms with van der Waals surface area (Å²) in [5.41, 5.74) is 3.30. The number of likely N-dealkylation sites (tertiary alicyclic amines) is 1. The largest absolute Gasteiger partial charge is 0.394 e. The van der Waals surface area contributed by atoms with E-state index in [0.717, 1.165) is 42.4 Å². The molecular weight excluding hydrogens is 402 g/mol. The number of nitriles is 1. The maximum Gasteiger partial charge on any atom is 0.253 e. The molecule has 0 unspecified atom stereocenters. The van der Waals surface area contributed by atoms with E-state index in [-0.39, 0.29) is 30.3 Å². The Labute approximate surface area is 189 Å². The molecule has 4 rings (SSSR count). The fraction of sp³-hybridized carbons (Fsp3) is 0.423. The van der Waals surface area contributed by atoms with Gasteiger partial charge in [0.2, 0.25) is 5.91 Å². The van der Waals surface area contributed by atoms with E-state index in [1.54, 1.807) is 25.1 Å². The molecule has 1 saturated carbocycles. The van der Waals surface area contributed by atoms with Gasteiger partial charge in [0.1, 0.15) is 6.04 Å². The second-order valence-corrected chi connectivity index (χ2v) is 8.94. The summed E-state index contributed by atoms with van der Waals surface area (Å²) in [7, 11) is 3.44. The number of carbonyl (C=O) groups is 2. The molecule has 2 aromatic rings. The summed E-state index contributed by atoms with van der Waals surface area (Å²) in [6.45, 7) is -0.186. The third-order valence-corrected chi connectivity index (χ3v) is 6.84. The predicted molar refractivity (Wildman–Crippen MR) is 122 cm³/mol. The second kappa shape index (κ2) is 9.13. The van der Waals surface area contributed by atoms with Crippen molar-refractivity contribution < 1.29 is 14.7 Å². The molecule has 6 nitrogen and oxygen atoms in total. The highest BCUT2D eigenvalue weighted by atomic mass is 16.3. The lowest BCUT2D eigenvalue weighted by molar-refractivity contribution is -0.151. The van der Waals surface area contributed by atoms with Gasteiger partial charge >= 0.3 is 0 Å². The summed E-state index contributed by atoms with van der Waals surface area (Å²) >= 11 is 0. The van der Waals surface area contributed by atoms with Gasteiger partial charge in [0.25, 0.3) is 5.91 Å². The molecular formula is C26H29N3O3. The molecule has 1 aliphatic carbocycles. The topological polar surface area (TPSA) is 84.6 Å². The molecule has 1 aliphatic heterocycles. The van der Waals surface area contributed by atoms with E-state index in [1.807, 2.05) is 42.5 Å². The fourth-order valence-corrected chi connectivity index (χ4v) is 5.20. The van der Waals surface area contributed by atoms with Gasteiger partial charge in [-0.3, -0.25) is 9.59 Å². The Balaban J connectivity index is 1.69. The summed E-state index contributed by atoms with van der Waals surface area (Å²) in [5.74, 6) is -0.394. The maximum absolute atomic E-state index is 13.1. The van der Waals surface area contributed by atoms with E-state index in [0.29, 0.717) is 5.56 Å². The number of hydrogen-bond acceptors (Lipinski definition) is 4. The zero-order valence-electron chi connectivity index (χ0n) is 18.6. The normalized spacial score (nSPS) is 22.8. The van der Waals surface area contributed by atoms with Gasteiger partial charge in [0, 0.05) is 31.5 Å². The van der Waals surface area contributed by atoms with Crippen LogP contribution in [0.15, 0.2) is 48.5 Å². The molecule has 0 bridgehead atoms. The van der Waals surface area contributed by atoms with Gasteiger partial charge in [0.15, 0.2) is 0 Å². The number of benzene rings is 2. The number of aliphatic hydroxyl groups is 1. The smallest absolute Gasteiger partial charge is 0.253 e. The molecule has 32 heavy (non-hydrogen) atoms. The fourth-order valence-electron chi connectivity index (χ4n) is 5.20. The Bertz CT molecular complexity index is 1050. The zero-order chi connectivity index (χ0) is 22.8. The number of nitrogens with zero attached hydrogens (tertiary/aromatic N) is 3. The van der Waals surface area contributed by atoms with Gasteiger partial charge in [-0.1, -0.05) is 49.2 Å². The predicted octanol–water partition coefficient (Wildman–Crippen LogP) is 3.42. The molecule has 2 amide bonds. The lowest BCUT2D eigenvalue weighted by atomic mass is 9.72. The summed E-state index contributed by atoms with van der Waals surface area (Å²) in [5, 5.41) is 20.1. The van der Waals surface area contributed by atoms with Gasteiger partial charge in [0.05, 0.1) is 18.7 Å². The first kappa shape index (κ1) is 22.0. The Morgan fingerprint density at radius 3 is 2.50 bits per heavy atom. The van der Waals surface area contributed by atoms with E-state index < -0.39 is 12.1 Å². The Morgan fingerprint density at radius 1 is 1.12 bits per heavy atom. The van der Waals surface area contributed by atoms with Crippen LogP contribution in [0.2, 0.25) is 0 Å². The third kappa shape index (κ3) is 3.78. The molecule has 2 aliphatic rings. The monoisotopic (exact) mass is 431 g/mol. The Kier molecular flexibility index (Phi) is 6.29. The number of carbonyl (C=O) groups excluding carboxylic acids is 2. The number of aliphatic hydroxyl groups excluding tert-OH is 1. The summed E-state index contributed by atoms with van der Waals surface area (Å²) in [4.78, 5) is 28.7. The molecule has 6 heteroatoms. The van der Waals surface area contributed by atoms with Crippen LogP contribution in [-0.2, 0) is 4.79 Å². The highest BCUT2D eigenvalue weighted by Gasteiger charge is 2.53. The number of hydrogen-bond donors (Lipinski definition) is 1. The minimum atomic E-state index is -0.604. The highest BCUT2D eigenvalue weighted by Crippen LogP contribution is 2.45. The van der Waals surface area contributed by atoms with E-state index in [9.17, 15) is 20.0 Å². The molecule has 3 atom stereocenters. The molecule has 2 fully saturated rings. The molecule has 0 radical (unpaired) electrons. The molecule has 2 aromatic carbocycles. The van der Waals surface area contributed by atoms with Crippen LogP contribution in [0.4, 0.5) is 0 Å². The highest BCUT2D eigenvalue weighted by molar-refractivity contribution is 5.95. The minimum Gasteiger partial charge on any atom is -0.394 e. The van der Waals surface area contributed by atoms with Crippen molar-refractivity contribution in [3.63, 3.8) is 0 Å². The van der Waals surface area contributed by atoms with Gasteiger partial charge in [-0.05, 0) is 41.7 Å².